The van der Waals surface area contributed by atoms with Crippen LogP contribution in [0.5, 0.6) is 17.2 Å². The fraction of sp³-hybridized carbons (Fsp3) is 0.214. The number of aromatic nitrogens is 1. The van der Waals surface area contributed by atoms with Crippen LogP contribution in [-0.4, -0.2) is 11.6 Å². The first-order valence-corrected chi connectivity index (χ1v) is 6.59. The van der Waals surface area contributed by atoms with Gasteiger partial charge in [0.1, 0.15) is 5.75 Å². The van der Waals surface area contributed by atoms with Crippen molar-refractivity contribution in [1.29, 1.82) is 0 Å². The Kier molecular flexibility index (Phi) is 4.59. The zero-order chi connectivity index (χ0) is 12.8. The summed E-state index contributed by atoms with van der Waals surface area (Å²) in [6, 6.07) is 9.45. The van der Waals surface area contributed by atoms with Crippen LogP contribution < -0.4 is 9.47 Å². The fourth-order valence-corrected chi connectivity index (χ4v) is 1.76. The second kappa shape index (κ2) is 6.40. The minimum absolute atomic E-state index is 0.678. The summed E-state index contributed by atoms with van der Waals surface area (Å²) in [6.07, 6.45) is 4.35. The largest absolute Gasteiger partial charge is 0.490 e. The smallest absolute Gasteiger partial charge is 0.169 e. The normalized spacial score (nSPS) is 10.1. The molecule has 1 heterocycles. The molecule has 0 saturated heterocycles. The van der Waals surface area contributed by atoms with Crippen LogP contribution in [0.4, 0.5) is 0 Å². The van der Waals surface area contributed by atoms with Crippen LogP contribution in [0.3, 0.4) is 0 Å². The average molecular weight is 308 g/mol. The zero-order valence-corrected chi connectivity index (χ0v) is 11.7. The van der Waals surface area contributed by atoms with E-state index in [4.69, 9.17) is 9.47 Å². The standard InChI is InChI=1S/C14H14BrNO2/c1-2-9-17-13-5-3-4-6-14(13)18-12-7-8-16-10-11(12)15/h3-8,10H,2,9H2,1H3. The van der Waals surface area contributed by atoms with Gasteiger partial charge in [-0.2, -0.15) is 0 Å². The van der Waals surface area contributed by atoms with Gasteiger partial charge in [-0.05, 0) is 34.5 Å². The van der Waals surface area contributed by atoms with Crippen molar-refractivity contribution in [3.05, 3.63) is 47.2 Å². The van der Waals surface area contributed by atoms with Crippen molar-refractivity contribution in [3.63, 3.8) is 0 Å². The monoisotopic (exact) mass is 307 g/mol. The molecule has 94 valence electrons. The number of rotatable bonds is 5. The molecular weight excluding hydrogens is 294 g/mol. The maximum Gasteiger partial charge on any atom is 0.169 e. The molecule has 0 N–H and O–H groups in total. The summed E-state index contributed by atoms with van der Waals surface area (Å²) in [5.74, 6) is 2.18. The second-order valence-corrected chi connectivity index (χ2v) is 4.56. The first-order valence-electron chi connectivity index (χ1n) is 5.80. The first kappa shape index (κ1) is 12.9. The Balaban J connectivity index is 2.21. The van der Waals surface area contributed by atoms with E-state index in [1.807, 2.05) is 24.3 Å². The number of hydrogen-bond acceptors (Lipinski definition) is 3. The van der Waals surface area contributed by atoms with E-state index < -0.39 is 0 Å². The number of ether oxygens (including phenoxy) is 2. The number of nitrogens with zero attached hydrogens (tertiary/aromatic N) is 1. The molecule has 0 aliphatic heterocycles. The minimum Gasteiger partial charge on any atom is -0.490 e. The third-order valence-corrected chi connectivity index (χ3v) is 2.86. The van der Waals surface area contributed by atoms with E-state index in [0.717, 1.165) is 22.4 Å². The Bertz CT molecular complexity index is 517. The highest BCUT2D eigenvalue weighted by Gasteiger charge is 2.07. The number of benzene rings is 1. The average Bonchev–Trinajstić information content (AvgIpc) is 2.40. The SMILES string of the molecule is CCCOc1ccccc1Oc1ccncc1Br. The van der Waals surface area contributed by atoms with Gasteiger partial charge in [-0.3, -0.25) is 4.98 Å². The zero-order valence-electron chi connectivity index (χ0n) is 10.1. The van der Waals surface area contributed by atoms with Gasteiger partial charge in [-0.15, -0.1) is 0 Å². The molecule has 0 radical (unpaired) electrons. The van der Waals surface area contributed by atoms with Crippen LogP contribution in [0.2, 0.25) is 0 Å². The van der Waals surface area contributed by atoms with Crippen molar-refractivity contribution in [2.75, 3.05) is 6.61 Å². The molecule has 0 atom stereocenters. The van der Waals surface area contributed by atoms with E-state index in [9.17, 15) is 0 Å². The molecule has 2 rings (SSSR count). The van der Waals surface area contributed by atoms with Crippen molar-refractivity contribution >= 4 is 15.9 Å². The molecule has 0 spiro atoms. The minimum atomic E-state index is 0.678. The Hall–Kier alpha value is -1.55. The lowest BCUT2D eigenvalue weighted by Crippen LogP contribution is -1.97. The van der Waals surface area contributed by atoms with Gasteiger partial charge in [-0.1, -0.05) is 19.1 Å². The van der Waals surface area contributed by atoms with E-state index in [0.29, 0.717) is 12.4 Å². The number of halogens is 1. The Morgan fingerprint density at radius 1 is 1.11 bits per heavy atom. The molecule has 0 amide bonds. The van der Waals surface area contributed by atoms with Crippen molar-refractivity contribution in [2.45, 2.75) is 13.3 Å². The van der Waals surface area contributed by atoms with E-state index in [-0.39, 0.29) is 0 Å². The third-order valence-electron chi connectivity index (χ3n) is 2.27. The predicted octanol–water partition coefficient (Wildman–Crippen LogP) is 4.43. The number of pyridine rings is 1. The summed E-state index contributed by atoms with van der Waals surface area (Å²) in [7, 11) is 0. The van der Waals surface area contributed by atoms with Crippen LogP contribution in [0.1, 0.15) is 13.3 Å². The van der Waals surface area contributed by atoms with Gasteiger partial charge in [0.05, 0.1) is 11.1 Å². The quantitative estimate of drug-likeness (QED) is 0.819. The summed E-state index contributed by atoms with van der Waals surface area (Å²) in [4.78, 5) is 4.00. The number of hydrogen-bond donors (Lipinski definition) is 0. The van der Waals surface area contributed by atoms with E-state index >= 15 is 0 Å². The molecular formula is C14H14BrNO2. The van der Waals surface area contributed by atoms with Crippen LogP contribution in [-0.2, 0) is 0 Å². The molecule has 0 aliphatic carbocycles. The lowest BCUT2D eigenvalue weighted by molar-refractivity contribution is 0.302. The molecule has 1 aromatic carbocycles. The van der Waals surface area contributed by atoms with Crippen molar-refractivity contribution in [2.24, 2.45) is 0 Å². The summed E-state index contributed by atoms with van der Waals surface area (Å²) in [5, 5.41) is 0. The summed E-state index contributed by atoms with van der Waals surface area (Å²) in [5.41, 5.74) is 0. The lowest BCUT2D eigenvalue weighted by Gasteiger charge is -2.12. The van der Waals surface area contributed by atoms with Crippen LogP contribution in [0, 0.1) is 0 Å². The highest BCUT2D eigenvalue weighted by Crippen LogP contribution is 2.34. The molecule has 1 aromatic heterocycles. The molecule has 0 bridgehead atoms. The fourth-order valence-electron chi connectivity index (χ4n) is 1.43. The van der Waals surface area contributed by atoms with Crippen LogP contribution in [0.25, 0.3) is 0 Å². The van der Waals surface area contributed by atoms with Crippen LogP contribution >= 0.6 is 15.9 Å². The van der Waals surface area contributed by atoms with E-state index in [2.05, 4.69) is 27.8 Å². The van der Waals surface area contributed by atoms with Gasteiger partial charge in [0.2, 0.25) is 0 Å². The molecule has 0 unspecified atom stereocenters. The van der Waals surface area contributed by atoms with Gasteiger partial charge in [0.15, 0.2) is 11.5 Å². The van der Waals surface area contributed by atoms with E-state index in [1.54, 1.807) is 18.5 Å². The van der Waals surface area contributed by atoms with Crippen molar-refractivity contribution in [1.82, 2.24) is 4.98 Å². The van der Waals surface area contributed by atoms with Gasteiger partial charge in [0, 0.05) is 18.5 Å². The molecule has 3 nitrogen and oxygen atoms in total. The van der Waals surface area contributed by atoms with Gasteiger partial charge >= 0.3 is 0 Å². The van der Waals surface area contributed by atoms with Gasteiger partial charge in [0.25, 0.3) is 0 Å². The molecule has 0 fully saturated rings. The van der Waals surface area contributed by atoms with Crippen molar-refractivity contribution in [3.8, 4) is 17.2 Å². The summed E-state index contributed by atoms with van der Waals surface area (Å²) >= 11 is 3.40. The molecule has 2 aromatic rings. The highest BCUT2D eigenvalue weighted by molar-refractivity contribution is 9.10. The maximum atomic E-state index is 5.83. The first-order chi connectivity index (χ1) is 8.81. The second-order valence-electron chi connectivity index (χ2n) is 3.70. The van der Waals surface area contributed by atoms with E-state index in [1.165, 1.54) is 0 Å². The summed E-state index contributed by atoms with van der Waals surface area (Å²) in [6.45, 7) is 2.75. The highest BCUT2D eigenvalue weighted by atomic mass is 79.9. The number of para-hydroxylation sites is 2. The maximum absolute atomic E-state index is 5.83. The molecule has 0 saturated carbocycles. The summed E-state index contributed by atoms with van der Waals surface area (Å²) < 4.78 is 12.3. The lowest BCUT2D eigenvalue weighted by atomic mass is 10.3. The molecule has 0 aliphatic rings. The molecule has 18 heavy (non-hydrogen) atoms. The molecule has 4 heteroatoms. The Morgan fingerprint density at radius 2 is 1.89 bits per heavy atom. The topological polar surface area (TPSA) is 31.4 Å². The third kappa shape index (κ3) is 3.23. The van der Waals surface area contributed by atoms with Crippen LogP contribution in [0.15, 0.2) is 47.2 Å². The Labute approximate surface area is 115 Å². The van der Waals surface area contributed by atoms with Crippen molar-refractivity contribution < 1.29 is 9.47 Å². The Morgan fingerprint density at radius 3 is 2.61 bits per heavy atom. The van der Waals surface area contributed by atoms with Gasteiger partial charge < -0.3 is 9.47 Å². The van der Waals surface area contributed by atoms with Gasteiger partial charge in [-0.25, -0.2) is 0 Å². The predicted molar refractivity (Wildman–Crippen MR) is 74.2 cm³/mol.